The number of hydrogen-bond acceptors (Lipinski definition) is 3. The molecular weight excluding hydrogens is 214 g/mol. The quantitative estimate of drug-likeness (QED) is 0.768. The van der Waals surface area contributed by atoms with E-state index < -0.39 is 5.97 Å². The maximum Gasteiger partial charge on any atom is 0.318 e. The number of carboxylic acid groups (broad SMARTS) is 1. The van der Waals surface area contributed by atoms with E-state index in [-0.39, 0.29) is 10.6 Å². The van der Waals surface area contributed by atoms with Crippen LogP contribution in [0.2, 0.25) is 0 Å². The van der Waals surface area contributed by atoms with E-state index in [4.69, 9.17) is 16.7 Å². The third-order valence-corrected chi connectivity index (χ3v) is 2.17. The third-order valence-electron chi connectivity index (χ3n) is 1.01. The van der Waals surface area contributed by atoms with E-state index in [0.29, 0.717) is 0 Å². The zero-order chi connectivity index (χ0) is 10.3. The first-order chi connectivity index (χ1) is 6.10. The van der Waals surface area contributed by atoms with E-state index in [9.17, 15) is 9.59 Å². The first-order valence-electron chi connectivity index (χ1n) is 3.54. The minimum absolute atomic E-state index is 0.131. The van der Waals surface area contributed by atoms with Crippen molar-refractivity contribution in [3.8, 4) is 0 Å². The second-order valence-corrected chi connectivity index (χ2v) is 3.31. The highest BCUT2D eigenvalue weighted by Gasteiger charge is 1.85. The maximum absolute atomic E-state index is 10.4. The van der Waals surface area contributed by atoms with Crippen molar-refractivity contribution in [2.45, 2.75) is 13.5 Å². The number of aromatic nitrogens is 1. The van der Waals surface area contributed by atoms with E-state index in [2.05, 4.69) is 0 Å². The molecule has 1 aromatic rings. The molecule has 0 spiro atoms. The van der Waals surface area contributed by atoms with E-state index in [1.165, 1.54) is 11.5 Å². The summed E-state index contributed by atoms with van der Waals surface area (Å²) in [6.07, 6.45) is 1.80. The number of hydrogen-bond donors (Lipinski definition) is 1. The van der Waals surface area contributed by atoms with Gasteiger partial charge >= 0.3 is 5.97 Å². The highest BCUT2D eigenvalue weighted by Crippen LogP contribution is 1.88. The molecule has 0 amide bonds. The molecule has 0 aliphatic rings. The van der Waals surface area contributed by atoms with Gasteiger partial charge in [0.2, 0.25) is 4.74 Å². The summed E-state index contributed by atoms with van der Waals surface area (Å²) < 4.78 is 2.02. The highest BCUT2D eigenvalue weighted by atomic mass is 35.5. The van der Waals surface area contributed by atoms with Gasteiger partial charge in [-0.25, -0.2) is 0 Å². The molecule has 0 saturated carbocycles. The fourth-order valence-corrected chi connectivity index (χ4v) is 1.09. The summed E-state index contributed by atoms with van der Waals surface area (Å²) in [6.45, 7) is 2.91. The van der Waals surface area contributed by atoms with Crippen molar-refractivity contribution < 1.29 is 9.90 Å². The van der Waals surface area contributed by atoms with Crippen LogP contribution in [-0.4, -0.2) is 20.9 Å². The average Bonchev–Trinajstić information content (AvgIpc) is 2.52. The average molecular weight is 224 g/mol. The first kappa shape index (κ1) is 12.2. The van der Waals surface area contributed by atoms with Gasteiger partial charge in [-0.15, -0.1) is 11.6 Å². The Morgan fingerprint density at radius 3 is 2.46 bits per heavy atom. The molecule has 1 N–H and O–H groups in total. The Bertz CT molecular complexity index is 307. The van der Waals surface area contributed by atoms with Crippen molar-refractivity contribution >= 4 is 29.1 Å². The van der Waals surface area contributed by atoms with E-state index >= 15 is 0 Å². The number of rotatable bonds is 2. The number of nitrogens with zero attached hydrogens (tertiary/aromatic N) is 1. The predicted molar refractivity (Wildman–Crippen MR) is 52.6 cm³/mol. The van der Waals surface area contributed by atoms with Crippen LogP contribution < -0.4 is 4.74 Å². The van der Waals surface area contributed by atoms with Gasteiger partial charge in [0.05, 0.1) is 0 Å². The number of aryl methyl sites for hydroxylation is 1. The maximum atomic E-state index is 10.4. The normalized spacial score (nSPS) is 8.77. The van der Waals surface area contributed by atoms with E-state index in [1.54, 1.807) is 12.3 Å². The van der Waals surface area contributed by atoms with Crippen LogP contribution in [0.1, 0.15) is 6.92 Å². The molecule has 0 bridgehead atoms. The topological polar surface area (TPSA) is 59.3 Å². The first-order valence-corrected chi connectivity index (χ1v) is 4.85. The molecule has 0 fully saturated rings. The van der Waals surface area contributed by atoms with Gasteiger partial charge in [-0.2, -0.15) is 0 Å². The van der Waals surface area contributed by atoms with Gasteiger partial charge in [0, 0.05) is 18.8 Å². The summed E-state index contributed by atoms with van der Waals surface area (Å²) in [4.78, 5) is 19.7. The molecule has 0 radical (unpaired) electrons. The number of alkyl halides is 1. The summed E-state index contributed by atoms with van der Waals surface area (Å²) in [5, 5.41) is 7.59. The van der Waals surface area contributed by atoms with Gasteiger partial charge < -0.3 is 9.06 Å². The van der Waals surface area contributed by atoms with Crippen LogP contribution in [0.15, 0.2) is 17.1 Å². The summed E-state index contributed by atoms with van der Waals surface area (Å²) in [5.74, 6) is -1.29. The molecule has 13 heavy (non-hydrogen) atoms. The van der Waals surface area contributed by atoms with E-state index in [1.807, 2.05) is 10.9 Å². The lowest BCUT2D eigenvalue weighted by molar-refractivity contribution is -0.134. The Kier molecular flexibility index (Phi) is 6.26. The lowest BCUT2D eigenvalue weighted by atomic mass is 10.7. The molecule has 1 aromatic heterocycles. The van der Waals surface area contributed by atoms with Gasteiger partial charge in [0.25, 0.3) is 0 Å². The smallest absolute Gasteiger partial charge is 0.318 e. The molecule has 0 atom stereocenters. The van der Waals surface area contributed by atoms with Crippen molar-refractivity contribution in [2.75, 3.05) is 5.88 Å². The van der Waals surface area contributed by atoms with Crippen LogP contribution in [0.5, 0.6) is 0 Å². The van der Waals surface area contributed by atoms with Crippen LogP contribution in [0, 0.1) is 0 Å². The number of aliphatic carboxylic acids is 1. The third kappa shape index (κ3) is 6.36. The van der Waals surface area contributed by atoms with Crippen LogP contribution >= 0.6 is 23.1 Å². The van der Waals surface area contributed by atoms with Gasteiger partial charge in [-0.05, 0) is 18.5 Å². The summed E-state index contributed by atoms with van der Waals surface area (Å²) in [5.41, 5.74) is 0. The lowest BCUT2D eigenvalue weighted by Crippen LogP contribution is -1.92. The number of carbonyl (C=O) groups is 1. The Labute approximate surface area is 84.5 Å². The molecule has 0 saturated heterocycles. The molecule has 6 heteroatoms. The fourth-order valence-electron chi connectivity index (χ4n) is 0.490. The van der Waals surface area contributed by atoms with Gasteiger partial charge in [0.15, 0.2) is 0 Å². The van der Waals surface area contributed by atoms with Crippen LogP contribution in [-0.2, 0) is 11.3 Å². The van der Waals surface area contributed by atoms with Gasteiger partial charge in [0.1, 0.15) is 5.88 Å². The second kappa shape index (κ2) is 6.68. The van der Waals surface area contributed by atoms with Gasteiger partial charge in [-0.3, -0.25) is 9.59 Å². The van der Waals surface area contributed by atoms with Crippen molar-refractivity contribution in [1.29, 1.82) is 0 Å². The minimum Gasteiger partial charge on any atom is -0.480 e. The molecule has 74 valence electrons. The van der Waals surface area contributed by atoms with Crippen molar-refractivity contribution in [3.05, 3.63) is 21.8 Å². The Morgan fingerprint density at radius 1 is 1.77 bits per heavy atom. The SMILES string of the molecule is CCn1ccc(=O)s1.O=C(O)CCl. The summed E-state index contributed by atoms with van der Waals surface area (Å²) in [7, 11) is 0. The standard InChI is InChI=1S/C5H7NOS.C2H3ClO2/c1-2-6-4-3-5(7)8-6;3-1-2(4)5/h3-4H,2H2,1H3;1H2,(H,4,5). The number of carboxylic acids is 1. The van der Waals surface area contributed by atoms with E-state index in [0.717, 1.165) is 6.54 Å². The van der Waals surface area contributed by atoms with Gasteiger partial charge in [-0.1, -0.05) is 0 Å². The zero-order valence-corrected chi connectivity index (χ0v) is 8.64. The minimum atomic E-state index is -0.980. The summed E-state index contributed by atoms with van der Waals surface area (Å²) in [6, 6.07) is 1.58. The molecule has 1 heterocycles. The molecule has 1 rings (SSSR count). The zero-order valence-electron chi connectivity index (χ0n) is 7.07. The lowest BCUT2D eigenvalue weighted by Gasteiger charge is -1.87. The molecule has 0 unspecified atom stereocenters. The Balaban J connectivity index is 0.000000252. The molecular formula is C7H10ClNO3S. The fraction of sp³-hybridized carbons (Fsp3) is 0.429. The Hall–Kier alpha value is -0.810. The highest BCUT2D eigenvalue weighted by molar-refractivity contribution is 7.03. The molecule has 0 aromatic carbocycles. The molecule has 4 nitrogen and oxygen atoms in total. The monoisotopic (exact) mass is 223 g/mol. The molecule has 0 aliphatic heterocycles. The second-order valence-electron chi connectivity index (χ2n) is 1.99. The van der Waals surface area contributed by atoms with Crippen molar-refractivity contribution in [3.63, 3.8) is 0 Å². The van der Waals surface area contributed by atoms with Crippen LogP contribution in [0.25, 0.3) is 0 Å². The van der Waals surface area contributed by atoms with Crippen molar-refractivity contribution in [2.24, 2.45) is 0 Å². The molecule has 0 aliphatic carbocycles. The van der Waals surface area contributed by atoms with Crippen LogP contribution in [0.4, 0.5) is 0 Å². The largest absolute Gasteiger partial charge is 0.480 e. The Morgan fingerprint density at radius 2 is 2.31 bits per heavy atom. The van der Waals surface area contributed by atoms with Crippen molar-refractivity contribution in [1.82, 2.24) is 3.96 Å². The predicted octanol–water partition coefficient (Wildman–Crippen LogP) is 1.24. The number of halogens is 1. The van der Waals surface area contributed by atoms with Crippen LogP contribution in [0.3, 0.4) is 0 Å². The summed E-state index contributed by atoms with van der Waals surface area (Å²) >= 11 is 5.99.